The molecule has 0 bridgehead atoms. The Morgan fingerprint density at radius 3 is 2.34 bits per heavy atom. The molecule has 0 saturated carbocycles. The lowest BCUT2D eigenvalue weighted by atomic mass is 10.1. The number of thioether (sulfide) groups is 1. The number of benzene rings is 2. The van der Waals surface area contributed by atoms with Crippen molar-refractivity contribution in [3.05, 3.63) is 60.5 Å². The van der Waals surface area contributed by atoms with Gasteiger partial charge in [-0.2, -0.15) is 4.98 Å². The molecular weight excluding hydrogens is 428 g/mol. The molecule has 4 rings (SSSR count). The lowest BCUT2D eigenvalue weighted by molar-refractivity contribution is 0.340. The highest BCUT2D eigenvalue weighted by Crippen LogP contribution is 2.31. The second kappa shape index (κ2) is 10.1. The maximum atomic E-state index is 5.47. The van der Waals surface area contributed by atoms with Crippen molar-refractivity contribution >= 4 is 11.8 Å². The molecule has 0 aliphatic heterocycles. The molecule has 32 heavy (non-hydrogen) atoms. The molecule has 0 saturated heterocycles. The molecule has 164 valence electrons. The lowest BCUT2D eigenvalue weighted by Crippen LogP contribution is -1.92. The number of methoxy groups -OCH3 is 2. The van der Waals surface area contributed by atoms with Crippen molar-refractivity contribution in [1.82, 2.24) is 20.3 Å². The van der Waals surface area contributed by atoms with Gasteiger partial charge >= 0.3 is 0 Å². The van der Waals surface area contributed by atoms with Crippen LogP contribution < -0.4 is 14.2 Å². The molecule has 0 fully saturated rings. The van der Waals surface area contributed by atoms with Crippen molar-refractivity contribution < 1.29 is 18.7 Å². The van der Waals surface area contributed by atoms with E-state index < -0.39 is 0 Å². The van der Waals surface area contributed by atoms with Gasteiger partial charge in [0.25, 0.3) is 0 Å². The van der Waals surface area contributed by atoms with Crippen molar-refractivity contribution in [1.29, 1.82) is 0 Å². The molecule has 0 atom stereocenters. The Kier molecular flexibility index (Phi) is 6.86. The summed E-state index contributed by atoms with van der Waals surface area (Å²) in [6.07, 6.45) is 0. The average Bonchev–Trinajstić information content (AvgIpc) is 3.32. The first-order chi connectivity index (χ1) is 15.7. The minimum atomic E-state index is 0.484. The van der Waals surface area contributed by atoms with E-state index in [-0.39, 0.29) is 0 Å². The number of rotatable bonds is 9. The van der Waals surface area contributed by atoms with E-state index in [2.05, 4.69) is 20.3 Å². The fourth-order valence-corrected chi connectivity index (χ4v) is 3.63. The predicted octanol–water partition coefficient (Wildman–Crippen LogP) is 4.90. The number of aromatic nitrogens is 4. The van der Waals surface area contributed by atoms with Gasteiger partial charge in [0, 0.05) is 11.1 Å². The minimum Gasteiger partial charge on any atom is -0.494 e. The average molecular weight is 451 g/mol. The van der Waals surface area contributed by atoms with Gasteiger partial charge in [0.1, 0.15) is 10.8 Å². The standard InChI is InChI=1S/C23H22N4O4S/c1-4-30-17-8-5-15(6-9-17)18-10-12-22(26-25-18)32-14-21-24-23(27-31-21)16-7-11-19(28-2)20(13-16)29-3/h5-13H,4,14H2,1-3H3. The zero-order chi connectivity index (χ0) is 22.3. The SMILES string of the molecule is CCOc1ccc(-c2ccc(SCc3nc(-c4ccc(OC)c(OC)c4)no3)nn2)cc1. The van der Waals surface area contributed by atoms with Gasteiger partial charge < -0.3 is 18.7 Å². The molecule has 0 radical (unpaired) electrons. The molecule has 0 amide bonds. The first-order valence-corrected chi connectivity index (χ1v) is 10.9. The third-order valence-electron chi connectivity index (χ3n) is 4.55. The second-order valence-electron chi connectivity index (χ2n) is 6.58. The van der Waals surface area contributed by atoms with Crippen LogP contribution in [0.1, 0.15) is 12.8 Å². The largest absolute Gasteiger partial charge is 0.494 e. The van der Waals surface area contributed by atoms with E-state index >= 15 is 0 Å². The summed E-state index contributed by atoms with van der Waals surface area (Å²) in [7, 11) is 3.18. The fourth-order valence-electron chi connectivity index (χ4n) is 2.98. The van der Waals surface area contributed by atoms with Crippen molar-refractivity contribution in [3.8, 4) is 39.9 Å². The van der Waals surface area contributed by atoms with Crippen LogP contribution in [0, 0.1) is 0 Å². The number of hydrogen-bond acceptors (Lipinski definition) is 9. The highest BCUT2D eigenvalue weighted by Gasteiger charge is 2.13. The van der Waals surface area contributed by atoms with Crippen LogP contribution in [0.25, 0.3) is 22.6 Å². The van der Waals surface area contributed by atoms with Crippen molar-refractivity contribution in [3.63, 3.8) is 0 Å². The zero-order valence-corrected chi connectivity index (χ0v) is 18.8. The van der Waals surface area contributed by atoms with Crippen molar-refractivity contribution in [2.45, 2.75) is 17.7 Å². The van der Waals surface area contributed by atoms with Crippen LogP contribution in [0.15, 0.2) is 64.1 Å². The Morgan fingerprint density at radius 2 is 1.66 bits per heavy atom. The third-order valence-corrected chi connectivity index (χ3v) is 5.46. The molecule has 0 unspecified atom stereocenters. The number of hydrogen-bond donors (Lipinski definition) is 0. The molecule has 0 N–H and O–H groups in total. The van der Waals surface area contributed by atoms with Gasteiger partial charge in [0.2, 0.25) is 11.7 Å². The van der Waals surface area contributed by atoms with E-state index in [1.165, 1.54) is 11.8 Å². The highest BCUT2D eigenvalue weighted by molar-refractivity contribution is 7.98. The first kappa shape index (κ1) is 21.6. The summed E-state index contributed by atoms with van der Waals surface area (Å²) in [5.41, 5.74) is 2.56. The zero-order valence-electron chi connectivity index (χ0n) is 17.9. The predicted molar refractivity (Wildman–Crippen MR) is 121 cm³/mol. The van der Waals surface area contributed by atoms with Gasteiger partial charge in [0.05, 0.1) is 32.3 Å². The van der Waals surface area contributed by atoms with E-state index in [9.17, 15) is 0 Å². The summed E-state index contributed by atoms with van der Waals surface area (Å²) < 4.78 is 21.4. The normalized spacial score (nSPS) is 10.7. The van der Waals surface area contributed by atoms with Gasteiger partial charge in [-0.1, -0.05) is 16.9 Å². The van der Waals surface area contributed by atoms with Gasteiger partial charge in [-0.3, -0.25) is 0 Å². The molecular formula is C23H22N4O4S. The van der Waals surface area contributed by atoms with Crippen LogP contribution in [-0.4, -0.2) is 41.2 Å². The Labute approximate surface area is 189 Å². The van der Waals surface area contributed by atoms with Crippen LogP contribution >= 0.6 is 11.8 Å². The van der Waals surface area contributed by atoms with Crippen LogP contribution in [0.5, 0.6) is 17.2 Å². The minimum absolute atomic E-state index is 0.484. The number of nitrogens with zero attached hydrogens (tertiary/aromatic N) is 4. The lowest BCUT2D eigenvalue weighted by Gasteiger charge is -2.07. The topological polar surface area (TPSA) is 92.4 Å². The molecule has 0 spiro atoms. The molecule has 2 aromatic carbocycles. The van der Waals surface area contributed by atoms with Gasteiger partial charge in [-0.25, -0.2) is 0 Å². The smallest absolute Gasteiger partial charge is 0.237 e. The van der Waals surface area contributed by atoms with Crippen molar-refractivity contribution in [2.24, 2.45) is 0 Å². The first-order valence-electron chi connectivity index (χ1n) is 9.95. The van der Waals surface area contributed by atoms with Crippen molar-refractivity contribution in [2.75, 3.05) is 20.8 Å². The molecule has 2 heterocycles. The Hall–Kier alpha value is -3.59. The second-order valence-corrected chi connectivity index (χ2v) is 7.58. The Morgan fingerprint density at radius 1 is 0.875 bits per heavy atom. The van der Waals surface area contributed by atoms with E-state index in [1.807, 2.05) is 55.5 Å². The van der Waals surface area contributed by atoms with E-state index in [1.54, 1.807) is 20.3 Å². The summed E-state index contributed by atoms with van der Waals surface area (Å²) in [5, 5.41) is 13.4. The maximum Gasteiger partial charge on any atom is 0.237 e. The molecule has 0 aliphatic rings. The third kappa shape index (κ3) is 5.00. The quantitative estimate of drug-likeness (QED) is 0.330. The van der Waals surface area contributed by atoms with Crippen LogP contribution in [-0.2, 0) is 5.75 Å². The monoisotopic (exact) mass is 450 g/mol. The van der Waals surface area contributed by atoms with Crippen LogP contribution in [0.4, 0.5) is 0 Å². The Bertz CT molecular complexity index is 1160. The van der Waals surface area contributed by atoms with E-state index in [4.69, 9.17) is 18.7 Å². The summed E-state index contributed by atoms with van der Waals surface area (Å²) in [6, 6.07) is 17.1. The fraction of sp³-hybridized carbons (Fsp3) is 0.217. The molecule has 4 aromatic rings. The summed E-state index contributed by atoms with van der Waals surface area (Å²) >= 11 is 1.47. The summed E-state index contributed by atoms with van der Waals surface area (Å²) in [5.74, 6) is 3.55. The number of ether oxygens (including phenoxy) is 3. The molecule has 9 heteroatoms. The summed E-state index contributed by atoms with van der Waals surface area (Å²) in [4.78, 5) is 4.46. The van der Waals surface area contributed by atoms with E-state index in [0.717, 1.165) is 27.6 Å². The van der Waals surface area contributed by atoms with Gasteiger partial charge in [-0.05, 0) is 61.5 Å². The van der Waals surface area contributed by atoms with Crippen LogP contribution in [0.3, 0.4) is 0 Å². The van der Waals surface area contributed by atoms with E-state index in [0.29, 0.717) is 35.6 Å². The van der Waals surface area contributed by atoms with Gasteiger partial charge in [-0.15, -0.1) is 10.2 Å². The maximum absolute atomic E-state index is 5.47. The summed E-state index contributed by atoms with van der Waals surface area (Å²) in [6.45, 7) is 2.60. The molecule has 0 aliphatic carbocycles. The molecule has 2 aromatic heterocycles. The van der Waals surface area contributed by atoms with Crippen LogP contribution in [0.2, 0.25) is 0 Å². The Balaban J connectivity index is 1.39. The van der Waals surface area contributed by atoms with Gasteiger partial charge in [0.15, 0.2) is 11.5 Å². The highest BCUT2D eigenvalue weighted by atomic mass is 32.2. The molecule has 8 nitrogen and oxygen atoms in total.